The molecule has 1 aliphatic rings. The molecule has 2 heterocycles. The number of rotatable bonds is 3. The van der Waals surface area contributed by atoms with Crippen molar-refractivity contribution < 1.29 is 13.2 Å². The summed E-state index contributed by atoms with van der Waals surface area (Å²) in [6.07, 6.45) is 1.35. The number of nitrogens with one attached hydrogen (secondary N) is 1. The molecule has 0 spiro atoms. The second-order valence-electron chi connectivity index (χ2n) is 5.13. The van der Waals surface area contributed by atoms with Crippen molar-refractivity contribution in [1.29, 1.82) is 0 Å². The van der Waals surface area contributed by atoms with Gasteiger partial charge in [0.05, 0.1) is 11.6 Å². The Morgan fingerprint density at radius 3 is 2.81 bits per heavy atom. The van der Waals surface area contributed by atoms with Crippen LogP contribution in [-0.4, -0.2) is 12.0 Å². The van der Waals surface area contributed by atoms with Crippen LogP contribution in [0.5, 0.6) is 0 Å². The summed E-state index contributed by atoms with van der Waals surface area (Å²) in [6, 6.07) is 2.62. The quantitative estimate of drug-likeness (QED) is 0.928. The number of hydrogen-bond donors (Lipinski definition) is 1. The van der Waals surface area contributed by atoms with E-state index in [1.807, 2.05) is 6.07 Å². The Labute approximate surface area is 125 Å². The van der Waals surface area contributed by atoms with Gasteiger partial charge in [-0.15, -0.1) is 11.3 Å². The normalized spacial score (nSPS) is 16.0. The number of halogens is 3. The highest BCUT2D eigenvalue weighted by Crippen LogP contribution is 2.40. The minimum Gasteiger partial charge on any atom is -0.309 e. The van der Waals surface area contributed by atoms with E-state index in [-0.39, 0.29) is 5.56 Å². The van der Waals surface area contributed by atoms with Crippen LogP contribution in [0.3, 0.4) is 0 Å². The first-order valence-corrected chi connectivity index (χ1v) is 7.62. The maximum atomic E-state index is 13.2. The summed E-state index contributed by atoms with van der Waals surface area (Å²) < 4.78 is 39.5. The number of thiophene rings is 1. The first-order chi connectivity index (χ1) is 10.0. The highest BCUT2D eigenvalue weighted by Gasteiger charge is 2.36. The minimum absolute atomic E-state index is 0.187. The van der Waals surface area contributed by atoms with E-state index in [1.165, 1.54) is 22.8 Å². The Morgan fingerprint density at radius 2 is 2.14 bits per heavy atom. The van der Waals surface area contributed by atoms with E-state index in [0.717, 1.165) is 30.2 Å². The highest BCUT2D eigenvalue weighted by molar-refractivity contribution is 7.12. The maximum Gasteiger partial charge on any atom is 0.416 e. The molecule has 2 aromatic heterocycles. The Hall–Kier alpha value is -1.40. The fourth-order valence-electron chi connectivity index (χ4n) is 2.84. The molecule has 0 amide bonds. The van der Waals surface area contributed by atoms with E-state index in [1.54, 1.807) is 18.4 Å². The molecule has 0 aromatic carbocycles. The first-order valence-electron chi connectivity index (χ1n) is 6.80. The van der Waals surface area contributed by atoms with Gasteiger partial charge in [0, 0.05) is 27.7 Å². The van der Waals surface area contributed by atoms with Gasteiger partial charge >= 0.3 is 6.18 Å². The van der Waals surface area contributed by atoms with Gasteiger partial charge in [0.15, 0.2) is 0 Å². The minimum atomic E-state index is -4.37. The fraction of sp³-hybridized carbons (Fsp3) is 0.400. The van der Waals surface area contributed by atoms with Crippen LogP contribution in [0.2, 0.25) is 0 Å². The van der Waals surface area contributed by atoms with Gasteiger partial charge < -0.3 is 5.32 Å². The number of alkyl halides is 3. The van der Waals surface area contributed by atoms with Crippen LogP contribution < -0.4 is 5.32 Å². The molecule has 6 heteroatoms. The van der Waals surface area contributed by atoms with Crippen LogP contribution in [0.1, 0.15) is 38.9 Å². The predicted molar refractivity (Wildman–Crippen MR) is 76.5 cm³/mol. The van der Waals surface area contributed by atoms with Crippen LogP contribution in [0.15, 0.2) is 24.5 Å². The average Bonchev–Trinajstić information content (AvgIpc) is 3.00. The molecule has 1 atom stereocenters. The molecule has 21 heavy (non-hydrogen) atoms. The first kappa shape index (κ1) is 14.5. The van der Waals surface area contributed by atoms with Crippen molar-refractivity contribution in [3.63, 3.8) is 0 Å². The van der Waals surface area contributed by atoms with Crippen LogP contribution >= 0.6 is 11.3 Å². The third kappa shape index (κ3) is 2.70. The van der Waals surface area contributed by atoms with Crippen LogP contribution in [0.4, 0.5) is 13.2 Å². The number of fused-ring (bicyclic) bond motifs is 1. The van der Waals surface area contributed by atoms with Gasteiger partial charge in [0.25, 0.3) is 0 Å². The summed E-state index contributed by atoms with van der Waals surface area (Å²) in [7, 11) is 1.68. The summed E-state index contributed by atoms with van der Waals surface area (Å²) in [4.78, 5) is 6.12. The second kappa shape index (κ2) is 5.42. The van der Waals surface area contributed by atoms with E-state index >= 15 is 0 Å². The molecule has 112 valence electrons. The maximum absolute atomic E-state index is 13.2. The Kier molecular flexibility index (Phi) is 3.75. The summed E-state index contributed by atoms with van der Waals surface area (Å²) >= 11 is 1.61. The lowest BCUT2D eigenvalue weighted by Gasteiger charge is -2.20. The molecule has 0 aliphatic heterocycles. The molecule has 1 unspecified atom stereocenters. The van der Waals surface area contributed by atoms with Crippen molar-refractivity contribution in [3.05, 3.63) is 51.0 Å². The molecule has 0 bridgehead atoms. The topological polar surface area (TPSA) is 24.9 Å². The van der Waals surface area contributed by atoms with Gasteiger partial charge in [-0.2, -0.15) is 13.2 Å². The molecule has 2 nitrogen and oxygen atoms in total. The molecule has 0 fully saturated rings. The van der Waals surface area contributed by atoms with Gasteiger partial charge in [0.2, 0.25) is 0 Å². The van der Waals surface area contributed by atoms with E-state index in [9.17, 15) is 13.2 Å². The smallest absolute Gasteiger partial charge is 0.309 e. The molecule has 0 saturated heterocycles. The van der Waals surface area contributed by atoms with E-state index in [0.29, 0.717) is 0 Å². The molecule has 0 radical (unpaired) electrons. The number of aryl methyl sites for hydroxylation is 2. The SMILES string of the molecule is CNC(c1cc2c(s1)CCC2)c1cnccc1C(F)(F)F. The van der Waals surface area contributed by atoms with Crippen molar-refractivity contribution in [3.8, 4) is 0 Å². The largest absolute Gasteiger partial charge is 0.416 e. The zero-order valence-corrected chi connectivity index (χ0v) is 12.3. The van der Waals surface area contributed by atoms with Crippen LogP contribution in [0, 0.1) is 0 Å². The molecule has 3 rings (SSSR count). The van der Waals surface area contributed by atoms with Crippen LogP contribution in [0.25, 0.3) is 0 Å². The number of aromatic nitrogens is 1. The molecular formula is C15H15F3N2S. The number of pyridine rings is 1. The highest BCUT2D eigenvalue weighted by atomic mass is 32.1. The van der Waals surface area contributed by atoms with E-state index in [4.69, 9.17) is 0 Å². The van der Waals surface area contributed by atoms with Gasteiger partial charge in [-0.05, 0) is 44.0 Å². The Morgan fingerprint density at radius 1 is 1.33 bits per heavy atom. The standard InChI is InChI=1S/C15H15F3N2S/c1-19-14(13-7-9-3-2-4-12(9)21-13)10-8-20-6-5-11(10)15(16,17)18/h5-8,14,19H,2-4H2,1H3. The van der Waals surface area contributed by atoms with Crippen LogP contribution in [-0.2, 0) is 19.0 Å². The van der Waals surface area contributed by atoms with E-state index < -0.39 is 17.8 Å². The monoisotopic (exact) mass is 312 g/mol. The predicted octanol–water partition coefficient (Wildman–Crippen LogP) is 3.96. The zero-order valence-electron chi connectivity index (χ0n) is 11.5. The molecule has 0 saturated carbocycles. The van der Waals surface area contributed by atoms with Crippen molar-refractivity contribution in [2.45, 2.75) is 31.5 Å². The van der Waals surface area contributed by atoms with Gasteiger partial charge in [-0.25, -0.2) is 0 Å². The number of nitrogens with zero attached hydrogens (tertiary/aromatic N) is 1. The lowest BCUT2D eigenvalue weighted by atomic mass is 10.0. The lowest BCUT2D eigenvalue weighted by molar-refractivity contribution is -0.138. The van der Waals surface area contributed by atoms with Gasteiger partial charge in [0.1, 0.15) is 0 Å². The van der Waals surface area contributed by atoms with Gasteiger partial charge in [-0.1, -0.05) is 0 Å². The Balaban J connectivity index is 2.04. The average molecular weight is 312 g/mol. The number of hydrogen-bond acceptors (Lipinski definition) is 3. The molecular weight excluding hydrogens is 297 g/mol. The summed E-state index contributed by atoms with van der Waals surface area (Å²) in [5.74, 6) is 0. The lowest BCUT2D eigenvalue weighted by Crippen LogP contribution is -2.21. The summed E-state index contributed by atoms with van der Waals surface area (Å²) in [5, 5.41) is 3.01. The fourth-order valence-corrected chi connectivity index (χ4v) is 4.23. The summed E-state index contributed by atoms with van der Waals surface area (Å²) in [5.41, 5.74) is 0.852. The van der Waals surface area contributed by atoms with Crippen molar-refractivity contribution in [2.24, 2.45) is 0 Å². The van der Waals surface area contributed by atoms with E-state index in [2.05, 4.69) is 10.3 Å². The van der Waals surface area contributed by atoms with Crippen molar-refractivity contribution in [1.82, 2.24) is 10.3 Å². The molecule has 1 aliphatic carbocycles. The third-order valence-corrected chi connectivity index (χ3v) is 5.11. The van der Waals surface area contributed by atoms with Crippen molar-refractivity contribution in [2.75, 3.05) is 7.05 Å². The molecule has 1 N–H and O–H groups in total. The van der Waals surface area contributed by atoms with Gasteiger partial charge in [-0.3, -0.25) is 4.98 Å². The molecule has 2 aromatic rings. The zero-order chi connectivity index (χ0) is 15.0. The summed E-state index contributed by atoms with van der Waals surface area (Å²) in [6.45, 7) is 0. The second-order valence-corrected chi connectivity index (χ2v) is 6.30. The third-order valence-electron chi connectivity index (χ3n) is 3.81. The Bertz CT molecular complexity index is 627. The van der Waals surface area contributed by atoms with Crippen molar-refractivity contribution >= 4 is 11.3 Å².